The highest BCUT2D eigenvalue weighted by atomic mass is 16.5. The van der Waals surface area contributed by atoms with E-state index in [4.69, 9.17) is 4.74 Å². The topological polar surface area (TPSA) is 79.4 Å². The molecule has 2 aromatic carbocycles. The fourth-order valence-corrected chi connectivity index (χ4v) is 2.62. The number of carbonyl (C=O) groups excluding carboxylic acids is 1. The summed E-state index contributed by atoms with van der Waals surface area (Å²) in [5.41, 5.74) is 1.04. The maximum Gasteiger partial charge on any atom is 0.271 e. The summed E-state index contributed by atoms with van der Waals surface area (Å²) in [6.07, 6.45) is 0.879. The number of ether oxygens (including phenoxy) is 1. The summed E-state index contributed by atoms with van der Waals surface area (Å²) in [5, 5.41) is 14.2. The van der Waals surface area contributed by atoms with E-state index in [2.05, 4.69) is 25.7 Å². The number of carbonyl (C=O) groups is 1. The van der Waals surface area contributed by atoms with E-state index in [1.807, 2.05) is 68.7 Å². The molecule has 1 amide bonds. The number of para-hydroxylation sites is 3. The summed E-state index contributed by atoms with van der Waals surface area (Å²) in [7, 11) is 4.00. The van der Waals surface area contributed by atoms with Gasteiger partial charge in [0.05, 0.1) is 5.69 Å². The Bertz CT molecular complexity index is 914. The Labute approximate surface area is 170 Å². The van der Waals surface area contributed by atoms with Crippen molar-refractivity contribution in [3.05, 3.63) is 72.4 Å². The van der Waals surface area contributed by atoms with Crippen molar-refractivity contribution in [2.24, 2.45) is 0 Å². The number of rotatable bonds is 9. The van der Waals surface area contributed by atoms with Gasteiger partial charge in [0.15, 0.2) is 17.3 Å². The highest BCUT2D eigenvalue weighted by Gasteiger charge is 2.09. The second-order valence-electron chi connectivity index (χ2n) is 6.75. The number of benzene rings is 2. The van der Waals surface area contributed by atoms with Crippen LogP contribution in [-0.2, 0) is 0 Å². The van der Waals surface area contributed by atoms with Gasteiger partial charge in [0.1, 0.15) is 5.75 Å². The van der Waals surface area contributed by atoms with Gasteiger partial charge in [-0.2, -0.15) is 0 Å². The van der Waals surface area contributed by atoms with E-state index < -0.39 is 0 Å². The molecule has 0 aliphatic heterocycles. The van der Waals surface area contributed by atoms with Crippen LogP contribution in [0.3, 0.4) is 0 Å². The largest absolute Gasteiger partial charge is 0.455 e. The van der Waals surface area contributed by atoms with E-state index in [-0.39, 0.29) is 11.6 Å². The van der Waals surface area contributed by atoms with Crippen molar-refractivity contribution in [3.8, 4) is 11.5 Å². The van der Waals surface area contributed by atoms with E-state index in [9.17, 15) is 4.79 Å². The maximum atomic E-state index is 12.1. The predicted molar refractivity (Wildman–Crippen MR) is 114 cm³/mol. The summed E-state index contributed by atoms with van der Waals surface area (Å²) in [6.45, 7) is 1.52. The van der Waals surface area contributed by atoms with Gasteiger partial charge in [-0.25, -0.2) is 0 Å². The van der Waals surface area contributed by atoms with Crippen molar-refractivity contribution in [2.75, 3.05) is 32.5 Å². The molecule has 150 valence electrons. The van der Waals surface area contributed by atoms with E-state index in [0.717, 1.165) is 24.4 Å². The van der Waals surface area contributed by atoms with Gasteiger partial charge >= 0.3 is 0 Å². The first-order chi connectivity index (χ1) is 14.1. The lowest BCUT2D eigenvalue weighted by atomic mass is 10.2. The molecule has 29 heavy (non-hydrogen) atoms. The second kappa shape index (κ2) is 10.2. The smallest absolute Gasteiger partial charge is 0.271 e. The van der Waals surface area contributed by atoms with Crippen molar-refractivity contribution < 1.29 is 9.53 Å². The fourth-order valence-electron chi connectivity index (χ4n) is 2.62. The first-order valence-corrected chi connectivity index (χ1v) is 9.47. The average molecular weight is 391 g/mol. The number of nitrogens with zero attached hydrogens (tertiary/aromatic N) is 3. The third kappa shape index (κ3) is 6.29. The lowest BCUT2D eigenvalue weighted by Gasteiger charge is -2.12. The minimum atomic E-state index is -0.226. The summed E-state index contributed by atoms with van der Waals surface area (Å²) in [6, 6.07) is 20.5. The van der Waals surface area contributed by atoms with E-state index in [1.165, 1.54) is 0 Å². The molecule has 2 N–H and O–H groups in total. The van der Waals surface area contributed by atoms with Gasteiger partial charge in [-0.1, -0.05) is 30.3 Å². The molecule has 0 saturated heterocycles. The normalized spacial score (nSPS) is 10.6. The molecule has 0 saturated carbocycles. The Morgan fingerprint density at radius 2 is 1.72 bits per heavy atom. The molecule has 0 atom stereocenters. The van der Waals surface area contributed by atoms with Crippen LogP contribution in [0.2, 0.25) is 0 Å². The fraction of sp³-hybridized carbons (Fsp3) is 0.227. The van der Waals surface area contributed by atoms with Crippen LogP contribution in [0.25, 0.3) is 0 Å². The maximum absolute atomic E-state index is 12.1. The molecule has 0 aliphatic carbocycles. The quantitative estimate of drug-likeness (QED) is 0.542. The van der Waals surface area contributed by atoms with Crippen LogP contribution in [0.5, 0.6) is 11.5 Å². The number of hydrogen-bond donors (Lipinski definition) is 2. The Hall–Kier alpha value is -3.45. The van der Waals surface area contributed by atoms with Crippen LogP contribution in [0.15, 0.2) is 66.7 Å². The first-order valence-electron chi connectivity index (χ1n) is 9.47. The van der Waals surface area contributed by atoms with Crippen LogP contribution in [0.4, 0.5) is 11.5 Å². The lowest BCUT2D eigenvalue weighted by Crippen LogP contribution is -2.28. The van der Waals surface area contributed by atoms with Crippen LogP contribution in [-0.4, -0.2) is 48.2 Å². The Balaban J connectivity index is 1.61. The van der Waals surface area contributed by atoms with E-state index in [1.54, 1.807) is 12.1 Å². The van der Waals surface area contributed by atoms with Crippen LogP contribution >= 0.6 is 0 Å². The van der Waals surface area contributed by atoms with Gasteiger partial charge in [-0.05, 0) is 63.5 Å². The van der Waals surface area contributed by atoms with Crippen LogP contribution in [0.1, 0.15) is 16.9 Å². The predicted octanol–water partition coefficient (Wildman–Crippen LogP) is 3.69. The van der Waals surface area contributed by atoms with Gasteiger partial charge in [-0.3, -0.25) is 4.79 Å². The molecule has 0 radical (unpaired) electrons. The van der Waals surface area contributed by atoms with Crippen molar-refractivity contribution in [1.82, 2.24) is 20.4 Å². The summed E-state index contributed by atoms with van der Waals surface area (Å²) < 4.78 is 5.94. The minimum Gasteiger partial charge on any atom is -0.455 e. The molecule has 1 aromatic heterocycles. The van der Waals surface area contributed by atoms with Gasteiger partial charge < -0.3 is 20.3 Å². The van der Waals surface area contributed by atoms with Crippen LogP contribution < -0.4 is 15.4 Å². The summed E-state index contributed by atoms with van der Waals surface area (Å²) >= 11 is 0. The molecule has 7 nitrogen and oxygen atoms in total. The molecule has 0 spiro atoms. The van der Waals surface area contributed by atoms with Crippen molar-refractivity contribution in [2.45, 2.75) is 6.42 Å². The first kappa shape index (κ1) is 20.3. The van der Waals surface area contributed by atoms with Crippen molar-refractivity contribution in [1.29, 1.82) is 0 Å². The lowest BCUT2D eigenvalue weighted by molar-refractivity contribution is 0.0946. The zero-order valence-electron chi connectivity index (χ0n) is 16.6. The van der Waals surface area contributed by atoms with Crippen LogP contribution in [0, 0.1) is 0 Å². The molecule has 1 heterocycles. The molecule has 0 unspecified atom stereocenters. The minimum absolute atomic E-state index is 0.226. The summed E-state index contributed by atoms with van der Waals surface area (Å²) in [5.74, 6) is 1.71. The number of aromatic nitrogens is 2. The number of nitrogens with one attached hydrogen (secondary N) is 2. The summed E-state index contributed by atoms with van der Waals surface area (Å²) in [4.78, 5) is 14.2. The molecular formula is C22H25N5O2. The van der Waals surface area contributed by atoms with E-state index >= 15 is 0 Å². The van der Waals surface area contributed by atoms with Gasteiger partial charge in [0, 0.05) is 6.54 Å². The standard InChI is InChI=1S/C22H25N5O2/c1-27(2)16-8-15-23-22(28)19-13-14-21(26-25-19)24-18-11-6-7-12-20(18)29-17-9-4-3-5-10-17/h3-7,9-14H,8,15-16H2,1-2H3,(H,23,28)(H,24,26). The zero-order valence-corrected chi connectivity index (χ0v) is 16.6. The monoisotopic (exact) mass is 391 g/mol. The Morgan fingerprint density at radius 1 is 0.966 bits per heavy atom. The Kier molecular flexibility index (Phi) is 7.13. The third-order valence-electron chi connectivity index (χ3n) is 4.09. The number of anilines is 2. The molecule has 0 aliphatic rings. The molecule has 0 fully saturated rings. The van der Waals surface area contributed by atoms with Gasteiger partial charge in [-0.15, -0.1) is 10.2 Å². The molecule has 3 rings (SSSR count). The molecule has 7 heteroatoms. The third-order valence-corrected chi connectivity index (χ3v) is 4.09. The van der Waals surface area contributed by atoms with Gasteiger partial charge in [0.2, 0.25) is 0 Å². The number of hydrogen-bond acceptors (Lipinski definition) is 6. The van der Waals surface area contributed by atoms with Crippen molar-refractivity contribution >= 4 is 17.4 Å². The van der Waals surface area contributed by atoms with E-state index in [0.29, 0.717) is 18.1 Å². The highest BCUT2D eigenvalue weighted by molar-refractivity contribution is 5.92. The Morgan fingerprint density at radius 3 is 2.45 bits per heavy atom. The number of amides is 1. The second-order valence-corrected chi connectivity index (χ2v) is 6.75. The molecule has 3 aromatic rings. The molecular weight excluding hydrogens is 366 g/mol. The average Bonchev–Trinajstić information content (AvgIpc) is 2.74. The highest BCUT2D eigenvalue weighted by Crippen LogP contribution is 2.30. The van der Waals surface area contributed by atoms with Crippen molar-refractivity contribution in [3.63, 3.8) is 0 Å². The van der Waals surface area contributed by atoms with Gasteiger partial charge in [0.25, 0.3) is 5.91 Å². The zero-order chi connectivity index (χ0) is 20.5. The molecule has 0 bridgehead atoms. The SMILES string of the molecule is CN(C)CCCNC(=O)c1ccc(Nc2ccccc2Oc2ccccc2)nn1.